The van der Waals surface area contributed by atoms with E-state index in [9.17, 15) is 4.79 Å². The summed E-state index contributed by atoms with van der Waals surface area (Å²) < 4.78 is 12.0. The highest BCUT2D eigenvalue weighted by atomic mass is 79.9. The van der Waals surface area contributed by atoms with E-state index >= 15 is 0 Å². The zero-order valence-electron chi connectivity index (χ0n) is 12.5. The second kappa shape index (κ2) is 5.18. The van der Waals surface area contributed by atoms with E-state index in [0.29, 0.717) is 13.0 Å². The molecule has 0 saturated carbocycles. The smallest absolute Gasteiger partial charge is 0.413 e. The topological polar surface area (TPSA) is 60.4 Å². The molecule has 1 saturated heterocycles. The Bertz CT molecular complexity index is 431. The number of oxime groups is 1. The summed E-state index contributed by atoms with van der Waals surface area (Å²) in [5, 5.41) is 3.88. The molecule has 0 bridgehead atoms. The molecular weight excluding hydrogens is 328 g/mol. The van der Waals surface area contributed by atoms with E-state index in [-0.39, 0.29) is 12.1 Å². The van der Waals surface area contributed by atoms with Gasteiger partial charge in [-0.15, -0.1) is 0 Å². The van der Waals surface area contributed by atoms with Gasteiger partial charge in [-0.3, -0.25) is 4.90 Å². The van der Waals surface area contributed by atoms with Crippen molar-refractivity contribution in [2.75, 3.05) is 6.61 Å². The number of nitrogens with zero attached hydrogens (tertiary/aromatic N) is 2. The Kier molecular flexibility index (Phi) is 4.03. The third-order valence-electron chi connectivity index (χ3n) is 3.20. The maximum Gasteiger partial charge on any atom is 0.413 e. The van der Waals surface area contributed by atoms with Crippen molar-refractivity contribution in [3.8, 4) is 0 Å². The summed E-state index contributed by atoms with van der Waals surface area (Å²) in [6, 6.07) is -0.210. The predicted molar refractivity (Wildman–Crippen MR) is 77.7 cm³/mol. The summed E-state index contributed by atoms with van der Waals surface area (Å²) in [4.78, 5) is 19.4. The monoisotopic (exact) mass is 348 g/mol. The molecule has 0 aromatic carbocycles. The molecule has 1 amide bonds. The summed E-state index contributed by atoms with van der Waals surface area (Å²) in [6.07, 6.45) is 0.0268. The van der Waals surface area contributed by atoms with Crippen LogP contribution in [0.2, 0.25) is 0 Å². The number of carbonyl (C=O) groups is 1. The van der Waals surface area contributed by atoms with Gasteiger partial charge in [-0.1, -0.05) is 5.16 Å². The molecule has 6 nitrogen and oxygen atoms in total. The predicted octanol–water partition coefficient (Wildman–Crippen LogP) is 2.86. The largest absolute Gasteiger partial charge is 0.444 e. The fourth-order valence-electron chi connectivity index (χ4n) is 2.34. The number of amides is 1. The number of hydrogen-bond donors (Lipinski definition) is 0. The maximum absolute atomic E-state index is 12.4. The molecular formula is C13H21BrN2O4. The van der Waals surface area contributed by atoms with E-state index in [1.165, 1.54) is 0 Å². The Morgan fingerprint density at radius 3 is 2.65 bits per heavy atom. The van der Waals surface area contributed by atoms with Crippen molar-refractivity contribution in [2.45, 2.75) is 64.5 Å². The fraction of sp³-hybridized carbons (Fsp3) is 0.846. The minimum Gasteiger partial charge on any atom is -0.444 e. The molecule has 2 rings (SSSR count). The van der Waals surface area contributed by atoms with Crippen molar-refractivity contribution in [3.63, 3.8) is 0 Å². The van der Waals surface area contributed by atoms with Gasteiger partial charge in [0.2, 0.25) is 0 Å². The molecule has 114 valence electrons. The molecule has 0 spiro atoms. The summed E-state index contributed by atoms with van der Waals surface area (Å²) in [7, 11) is 0. The van der Waals surface area contributed by atoms with Crippen molar-refractivity contribution >= 4 is 26.6 Å². The molecule has 7 heteroatoms. The van der Waals surface area contributed by atoms with Crippen LogP contribution in [-0.4, -0.2) is 45.7 Å². The lowest BCUT2D eigenvalue weighted by molar-refractivity contribution is -0.0700. The van der Waals surface area contributed by atoms with Crippen LogP contribution in [0.4, 0.5) is 4.79 Å². The van der Waals surface area contributed by atoms with Crippen LogP contribution in [0.1, 0.15) is 41.0 Å². The van der Waals surface area contributed by atoms with Crippen LogP contribution in [0.15, 0.2) is 5.16 Å². The Morgan fingerprint density at radius 1 is 1.50 bits per heavy atom. The van der Waals surface area contributed by atoms with Gasteiger partial charge >= 0.3 is 6.09 Å². The molecule has 0 aromatic heterocycles. The molecule has 2 atom stereocenters. The highest BCUT2D eigenvalue weighted by Crippen LogP contribution is 2.34. The normalized spacial score (nSPS) is 29.1. The second-order valence-electron chi connectivity index (χ2n) is 6.49. The first kappa shape index (κ1) is 15.6. The van der Waals surface area contributed by atoms with Gasteiger partial charge in [-0.05, 0) is 50.5 Å². The minimum absolute atomic E-state index is 0.210. The first-order valence-corrected chi connectivity index (χ1v) is 7.44. The van der Waals surface area contributed by atoms with E-state index in [0.717, 1.165) is 4.62 Å². The molecule has 0 unspecified atom stereocenters. The zero-order valence-corrected chi connectivity index (χ0v) is 14.1. The molecule has 2 heterocycles. The van der Waals surface area contributed by atoms with Crippen LogP contribution in [-0.2, 0) is 14.3 Å². The van der Waals surface area contributed by atoms with E-state index in [4.69, 9.17) is 14.3 Å². The van der Waals surface area contributed by atoms with Gasteiger partial charge < -0.3 is 14.3 Å². The quantitative estimate of drug-likeness (QED) is 0.730. The van der Waals surface area contributed by atoms with E-state index in [2.05, 4.69) is 21.1 Å². The Labute approximate surface area is 127 Å². The molecule has 2 aliphatic heterocycles. The lowest BCUT2D eigenvalue weighted by Gasteiger charge is -2.36. The average molecular weight is 349 g/mol. The summed E-state index contributed by atoms with van der Waals surface area (Å²) in [5.41, 5.74) is -1.26. The lowest BCUT2D eigenvalue weighted by atomic mass is 10.1. The van der Waals surface area contributed by atoms with Gasteiger partial charge in [0, 0.05) is 6.42 Å². The Morgan fingerprint density at radius 2 is 2.15 bits per heavy atom. The molecule has 0 aromatic rings. The average Bonchev–Trinajstić information content (AvgIpc) is 2.79. The first-order valence-electron chi connectivity index (χ1n) is 6.64. The van der Waals surface area contributed by atoms with Crippen LogP contribution in [0.5, 0.6) is 0 Å². The second-order valence-corrected chi connectivity index (χ2v) is 7.41. The number of hydrogen-bond acceptors (Lipinski definition) is 5. The highest BCUT2D eigenvalue weighted by molar-refractivity contribution is 9.18. The highest BCUT2D eigenvalue weighted by Gasteiger charge is 2.50. The molecule has 0 N–H and O–H groups in total. The summed E-state index contributed by atoms with van der Waals surface area (Å²) in [6.45, 7) is 9.64. The third kappa shape index (κ3) is 3.25. The van der Waals surface area contributed by atoms with Gasteiger partial charge in [0.05, 0.1) is 6.61 Å². The van der Waals surface area contributed by atoms with Crippen molar-refractivity contribution in [1.82, 2.24) is 4.90 Å². The van der Waals surface area contributed by atoms with Crippen LogP contribution >= 0.6 is 15.9 Å². The van der Waals surface area contributed by atoms with Crippen LogP contribution in [0.3, 0.4) is 0 Å². The lowest BCUT2D eigenvalue weighted by Crippen LogP contribution is -2.53. The standard InChI is InChI=1S/C13H21BrN2O4/c1-12(2,3)19-11(17)16-8(7-18-13(16,4)5)9-6-10(14)15-20-9/h8-9H,6-7H2,1-5H3/t8-,9+/m1/s1. The number of rotatable bonds is 1. The van der Waals surface area contributed by atoms with Crippen LogP contribution in [0.25, 0.3) is 0 Å². The van der Waals surface area contributed by atoms with Gasteiger partial charge in [-0.2, -0.15) is 0 Å². The first-order chi connectivity index (χ1) is 9.10. The summed E-state index contributed by atoms with van der Waals surface area (Å²) >= 11 is 3.31. The van der Waals surface area contributed by atoms with Gasteiger partial charge in [0.15, 0.2) is 6.10 Å². The Hall–Kier alpha value is -0.820. The van der Waals surface area contributed by atoms with E-state index in [1.54, 1.807) is 4.90 Å². The molecule has 0 aliphatic carbocycles. The van der Waals surface area contributed by atoms with Crippen molar-refractivity contribution < 1.29 is 19.1 Å². The third-order valence-corrected chi connectivity index (χ3v) is 3.66. The molecule has 2 aliphatic rings. The van der Waals surface area contributed by atoms with Crippen molar-refractivity contribution in [1.29, 1.82) is 0 Å². The van der Waals surface area contributed by atoms with Crippen LogP contribution in [0, 0.1) is 0 Å². The van der Waals surface area contributed by atoms with Crippen LogP contribution < -0.4 is 0 Å². The minimum atomic E-state index is -0.717. The fourth-order valence-corrected chi connectivity index (χ4v) is 2.75. The van der Waals surface area contributed by atoms with Crippen molar-refractivity contribution in [3.05, 3.63) is 0 Å². The summed E-state index contributed by atoms with van der Waals surface area (Å²) in [5.74, 6) is 0. The van der Waals surface area contributed by atoms with Gasteiger partial charge in [-0.25, -0.2) is 4.79 Å². The molecule has 20 heavy (non-hydrogen) atoms. The number of halogens is 1. The zero-order chi connectivity index (χ0) is 15.1. The van der Waals surface area contributed by atoms with Gasteiger partial charge in [0.1, 0.15) is 22.0 Å². The van der Waals surface area contributed by atoms with Gasteiger partial charge in [0.25, 0.3) is 0 Å². The number of ether oxygens (including phenoxy) is 2. The maximum atomic E-state index is 12.4. The van der Waals surface area contributed by atoms with E-state index in [1.807, 2.05) is 34.6 Å². The Balaban J connectivity index is 2.14. The van der Waals surface area contributed by atoms with Crippen molar-refractivity contribution in [2.24, 2.45) is 5.16 Å². The molecule has 1 fully saturated rings. The molecule has 0 radical (unpaired) electrons. The SMILES string of the molecule is CC(C)(C)OC(=O)N1[C@@H]([C@@H]2CC(Br)=NO2)COC1(C)C. The number of carbonyl (C=O) groups excluding carboxylic acids is 1. The van der Waals surface area contributed by atoms with E-state index < -0.39 is 17.4 Å².